The second kappa shape index (κ2) is 6.51. The first-order chi connectivity index (χ1) is 11.4. The van der Waals surface area contributed by atoms with E-state index in [0.717, 1.165) is 18.4 Å². The largest absolute Gasteiger partial charge is 0.369 e. The molecule has 0 unspecified atom stereocenters. The van der Waals surface area contributed by atoms with E-state index < -0.39 is 5.91 Å². The maximum atomic E-state index is 12.5. The number of nitrogens with one attached hydrogen (secondary N) is 1. The van der Waals surface area contributed by atoms with Crippen LogP contribution >= 0.6 is 0 Å². The van der Waals surface area contributed by atoms with Crippen molar-refractivity contribution in [2.45, 2.75) is 44.3 Å². The quantitative estimate of drug-likeness (QED) is 0.713. The van der Waals surface area contributed by atoms with E-state index in [2.05, 4.69) is 5.32 Å². The second-order valence-electron chi connectivity index (χ2n) is 6.64. The second-order valence-corrected chi connectivity index (χ2v) is 6.64. The number of nitrogens with two attached hydrogens (primary N) is 2. The average molecular weight is 330 g/mol. The number of amides is 4. The molecule has 5 N–H and O–H groups in total. The van der Waals surface area contributed by atoms with Crippen molar-refractivity contribution in [2.75, 3.05) is 0 Å². The van der Waals surface area contributed by atoms with E-state index in [1.165, 1.54) is 0 Å². The highest BCUT2D eigenvalue weighted by Gasteiger charge is 2.37. The van der Waals surface area contributed by atoms with Crippen LogP contribution in [0.4, 0.5) is 4.79 Å². The predicted octanol–water partition coefficient (Wildman–Crippen LogP) is 0.723. The van der Waals surface area contributed by atoms with Crippen LogP contribution in [0.25, 0.3) is 0 Å². The van der Waals surface area contributed by atoms with Crippen LogP contribution in [-0.4, -0.2) is 34.8 Å². The van der Waals surface area contributed by atoms with E-state index in [1.807, 2.05) is 17.0 Å². The van der Waals surface area contributed by atoms with E-state index >= 15 is 0 Å². The Bertz CT molecular complexity index is 648. The minimum Gasteiger partial charge on any atom is -0.369 e. The molecule has 2 saturated carbocycles. The Balaban J connectivity index is 1.57. The van der Waals surface area contributed by atoms with E-state index in [9.17, 15) is 14.4 Å². The van der Waals surface area contributed by atoms with Crippen LogP contribution < -0.4 is 16.8 Å². The Labute approximate surface area is 140 Å². The molecule has 24 heavy (non-hydrogen) atoms. The highest BCUT2D eigenvalue weighted by molar-refractivity contribution is 5.92. The molecule has 1 aromatic carbocycles. The van der Waals surface area contributed by atoms with Crippen LogP contribution in [0.1, 0.15) is 41.6 Å². The molecule has 3 rings (SSSR count). The number of hydrogen-bond acceptors (Lipinski definition) is 3. The van der Waals surface area contributed by atoms with Crippen LogP contribution in [-0.2, 0) is 11.3 Å². The van der Waals surface area contributed by atoms with Gasteiger partial charge in [0.15, 0.2) is 0 Å². The molecule has 0 heterocycles. The molecule has 2 fully saturated rings. The molecule has 0 bridgehead atoms. The van der Waals surface area contributed by atoms with Gasteiger partial charge in [-0.25, -0.2) is 4.79 Å². The molecule has 2 aliphatic carbocycles. The molecule has 7 heteroatoms. The monoisotopic (exact) mass is 330 g/mol. The number of hydrogen-bond donors (Lipinski definition) is 3. The Kier molecular flexibility index (Phi) is 4.42. The molecule has 0 radical (unpaired) electrons. The average Bonchev–Trinajstić information content (AvgIpc) is 3.32. The van der Waals surface area contributed by atoms with E-state index in [4.69, 9.17) is 11.5 Å². The SMILES string of the molecule is NC(=O)c1ccc(CN(C(=O)NC2CC(C(N)=O)C2)C2CC2)cc1. The van der Waals surface area contributed by atoms with Gasteiger partial charge in [0.05, 0.1) is 0 Å². The van der Waals surface area contributed by atoms with Gasteiger partial charge in [-0.05, 0) is 43.4 Å². The van der Waals surface area contributed by atoms with E-state index in [1.54, 1.807) is 12.1 Å². The third-order valence-corrected chi connectivity index (χ3v) is 4.71. The van der Waals surface area contributed by atoms with Gasteiger partial charge in [0, 0.05) is 30.1 Å². The van der Waals surface area contributed by atoms with Gasteiger partial charge in [-0.2, -0.15) is 0 Å². The highest BCUT2D eigenvalue weighted by Crippen LogP contribution is 2.30. The third-order valence-electron chi connectivity index (χ3n) is 4.71. The zero-order valence-electron chi connectivity index (χ0n) is 13.4. The van der Waals surface area contributed by atoms with Crippen molar-refractivity contribution in [1.82, 2.24) is 10.2 Å². The molecular weight excluding hydrogens is 308 g/mol. The van der Waals surface area contributed by atoms with Gasteiger partial charge in [0.25, 0.3) is 0 Å². The smallest absolute Gasteiger partial charge is 0.318 e. The van der Waals surface area contributed by atoms with Crippen molar-refractivity contribution in [2.24, 2.45) is 17.4 Å². The van der Waals surface area contributed by atoms with Crippen LogP contribution in [0, 0.1) is 5.92 Å². The Morgan fingerprint density at radius 1 is 1.08 bits per heavy atom. The van der Waals surface area contributed by atoms with Gasteiger partial charge in [0.2, 0.25) is 11.8 Å². The third kappa shape index (κ3) is 3.67. The summed E-state index contributed by atoms with van der Waals surface area (Å²) in [7, 11) is 0. The van der Waals surface area contributed by atoms with Crippen LogP contribution in [0.2, 0.25) is 0 Å². The van der Waals surface area contributed by atoms with E-state index in [-0.39, 0.29) is 29.9 Å². The van der Waals surface area contributed by atoms with Gasteiger partial charge in [-0.1, -0.05) is 12.1 Å². The lowest BCUT2D eigenvalue weighted by Gasteiger charge is -2.35. The number of carbonyl (C=O) groups excluding carboxylic acids is 3. The first kappa shape index (κ1) is 16.3. The fourth-order valence-electron chi connectivity index (χ4n) is 2.95. The summed E-state index contributed by atoms with van der Waals surface area (Å²) in [6, 6.07) is 7.14. The Morgan fingerprint density at radius 3 is 2.21 bits per heavy atom. The summed E-state index contributed by atoms with van der Waals surface area (Å²) in [5.41, 5.74) is 11.9. The van der Waals surface area contributed by atoms with Crippen LogP contribution in [0.3, 0.4) is 0 Å². The van der Waals surface area contributed by atoms with E-state index in [0.29, 0.717) is 24.9 Å². The Morgan fingerprint density at radius 2 is 1.71 bits per heavy atom. The fourth-order valence-corrected chi connectivity index (χ4v) is 2.95. The molecular formula is C17H22N4O3. The molecule has 0 aliphatic heterocycles. The molecule has 4 amide bonds. The lowest BCUT2D eigenvalue weighted by atomic mass is 9.80. The summed E-state index contributed by atoms with van der Waals surface area (Å²) in [6.07, 6.45) is 3.24. The molecule has 128 valence electrons. The maximum Gasteiger partial charge on any atom is 0.318 e. The van der Waals surface area contributed by atoms with Gasteiger partial charge >= 0.3 is 6.03 Å². The standard InChI is InChI=1S/C17H22N4O3/c18-15(22)11-3-1-10(2-4-11)9-21(14-5-6-14)17(24)20-13-7-12(8-13)16(19)23/h1-4,12-14H,5-9H2,(H2,18,22)(H2,19,23)(H,20,24). The first-order valence-corrected chi connectivity index (χ1v) is 8.19. The van der Waals surface area contributed by atoms with Crippen LogP contribution in [0.15, 0.2) is 24.3 Å². The molecule has 0 spiro atoms. The zero-order valence-corrected chi connectivity index (χ0v) is 13.4. The summed E-state index contributed by atoms with van der Waals surface area (Å²) < 4.78 is 0. The van der Waals surface area contributed by atoms with Crippen molar-refractivity contribution < 1.29 is 14.4 Å². The Hall–Kier alpha value is -2.57. The van der Waals surface area contributed by atoms with Crippen LogP contribution in [0.5, 0.6) is 0 Å². The number of carbonyl (C=O) groups is 3. The minimum atomic E-state index is -0.465. The lowest BCUT2D eigenvalue weighted by molar-refractivity contribution is -0.124. The summed E-state index contributed by atoms with van der Waals surface area (Å²) in [5.74, 6) is -0.882. The van der Waals surface area contributed by atoms with Crippen molar-refractivity contribution >= 4 is 17.8 Å². The summed E-state index contributed by atoms with van der Waals surface area (Å²) in [6.45, 7) is 0.488. The predicted molar refractivity (Wildman–Crippen MR) is 87.8 cm³/mol. The number of benzene rings is 1. The van der Waals surface area contributed by atoms with Gasteiger partial charge < -0.3 is 21.7 Å². The molecule has 7 nitrogen and oxygen atoms in total. The lowest BCUT2D eigenvalue weighted by Crippen LogP contribution is -2.52. The number of nitrogens with zero attached hydrogens (tertiary/aromatic N) is 1. The highest BCUT2D eigenvalue weighted by atomic mass is 16.2. The zero-order chi connectivity index (χ0) is 17.3. The van der Waals surface area contributed by atoms with Crippen molar-refractivity contribution in [3.8, 4) is 0 Å². The topological polar surface area (TPSA) is 119 Å². The van der Waals surface area contributed by atoms with Gasteiger partial charge in [-0.3, -0.25) is 9.59 Å². The van der Waals surface area contributed by atoms with Crippen molar-refractivity contribution in [1.29, 1.82) is 0 Å². The van der Waals surface area contributed by atoms with Gasteiger partial charge in [0.1, 0.15) is 0 Å². The fraction of sp³-hybridized carbons (Fsp3) is 0.471. The first-order valence-electron chi connectivity index (χ1n) is 8.19. The number of urea groups is 1. The summed E-state index contributed by atoms with van der Waals surface area (Å²) in [4.78, 5) is 36.5. The molecule has 2 aliphatic rings. The molecule has 0 atom stereocenters. The van der Waals surface area contributed by atoms with Crippen molar-refractivity contribution in [3.05, 3.63) is 35.4 Å². The molecule has 0 aromatic heterocycles. The number of rotatable bonds is 6. The molecule has 0 saturated heterocycles. The normalized spacial score (nSPS) is 22.3. The molecule has 1 aromatic rings. The maximum absolute atomic E-state index is 12.5. The number of primary amides is 2. The summed E-state index contributed by atoms with van der Waals surface area (Å²) >= 11 is 0. The van der Waals surface area contributed by atoms with Crippen molar-refractivity contribution in [3.63, 3.8) is 0 Å². The van der Waals surface area contributed by atoms with Gasteiger partial charge in [-0.15, -0.1) is 0 Å². The summed E-state index contributed by atoms with van der Waals surface area (Å²) in [5, 5.41) is 2.98. The minimum absolute atomic E-state index is 0.0217.